The summed E-state index contributed by atoms with van der Waals surface area (Å²) in [6.07, 6.45) is -4.45. The van der Waals surface area contributed by atoms with Gasteiger partial charge in [0.15, 0.2) is 0 Å². The van der Waals surface area contributed by atoms with Crippen LogP contribution in [-0.4, -0.2) is 5.91 Å². The second kappa shape index (κ2) is 6.49. The zero-order valence-corrected chi connectivity index (χ0v) is 11.5. The molecular formula is C14H12ClF3N2O. The van der Waals surface area contributed by atoms with Crippen LogP contribution in [0.4, 0.5) is 24.5 Å². The van der Waals surface area contributed by atoms with Crippen molar-refractivity contribution in [3.63, 3.8) is 0 Å². The van der Waals surface area contributed by atoms with E-state index in [0.717, 1.165) is 12.1 Å². The quantitative estimate of drug-likeness (QED) is 0.824. The van der Waals surface area contributed by atoms with Crippen molar-refractivity contribution in [2.75, 3.05) is 11.1 Å². The highest BCUT2D eigenvalue weighted by Crippen LogP contribution is 2.30. The molecule has 7 heteroatoms. The van der Waals surface area contributed by atoms with Crippen LogP contribution in [0.5, 0.6) is 0 Å². The first-order chi connectivity index (χ1) is 9.38. The van der Waals surface area contributed by atoms with E-state index in [1.807, 2.05) is 0 Å². The minimum Gasteiger partial charge on any atom is -0.398 e. The van der Waals surface area contributed by atoms with Crippen LogP contribution in [0.2, 0.25) is 0 Å². The Bertz CT molecular complexity index is 644. The van der Waals surface area contributed by atoms with E-state index in [1.165, 1.54) is 18.2 Å². The van der Waals surface area contributed by atoms with Crippen molar-refractivity contribution < 1.29 is 18.0 Å². The fraction of sp³-hybridized carbons (Fsp3) is 0.0714. The highest BCUT2D eigenvalue weighted by atomic mass is 35.5. The van der Waals surface area contributed by atoms with Gasteiger partial charge in [0.05, 0.1) is 11.1 Å². The van der Waals surface area contributed by atoms with Crippen LogP contribution in [0.1, 0.15) is 15.9 Å². The molecule has 0 fully saturated rings. The molecule has 1 amide bonds. The van der Waals surface area contributed by atoms with Crippen molar-refractivity contribution in [2.24, 2.45) is 0 Å². The molecule has 2 aromatic rings. The van der Waals surface area contributed by atoms with Gasteiger partial charge in [-0.05, 0) is 30.3 Å². The first-order valence-electron chi connectivity index (χ1n) is 5.71. The number of para-hydroxylation sites is 1. The van der Waals surface area contributed by atoms with Crippen LogP contribution in [-0.2, 0) is 6.18 Å². The average Bonchev–Trinajstić information content (AvgIpc) is 2.38. The van der Waals surface area contributed by atoms with Gasteiger partial charge in [-0.1, -0.05) is 18.2 Å². The maximum absolute atomic E-state index is 12.6. The summed E-state index contributed by atoms with van der Waals surface area (Å²) in [7, 11) is 0. The van der Waals surface area contributed by atoms with Crippen molar-refractivity contribution in [3.05, 3.63) is 59.7 Å². The normalized spacial score (nSPS) is 10.6. The molecule has 2 aromatic carbocycles. The molecular weight excluding hydrogens is 305 g/mol. The molecule has 0 aliphatic rings. The van der Waals surface area contributed by atoms with Gasteiger partial charge < -0.3 is 11.1 Å². The third kappa shape index (κ3) is 4.13. The molecule has 0 bridgehead atoms. The number of carbonyl (C=O) groups is 1. The molecule has 0 aliphatic heterocycles. The molecule has 0 aromatic heterocycles. The minimum atomic E-state index is -4.45. The molecule has 0 radical (unpaired) electrons. The van der Waals surface area contributed by atoms with Crippen molar-refractivity contribution in [3.8, 4) is 0 Å². The van der Waals surface area contributed by atoms with Crippen LogP contribution in [0, 0.1) is 0 Å². The van der Waals surface area contributed by atoms with Crippen LogP contribution in [0.15, 0.2) is 48.5 Å². The number of carbonyl (C=O) groups excluding carboxylic acids is 1. The largest absolute Gasteiger partial charge is 0.416 e. The third-order valence-corrected chi connectivity index (χ3v) is 2.65. The number of nitrogens with two attached hydrogens (primary N) is 1. The van der Waals surface area contributed by atoms with Crippen molar-refractivity contribution in [1.82, 2.24) is 0 Å². The van der Waals surface area contributed by atoms with Crippen molar-refractivity contribution in [2.45, 2.75) is 6.18 Å². The number of amides is 1. The number of hydrogen-bond acceptors (Lipinski definition) is 2. The summed E-state index contributed by atoms with van der Waals surface area (Å²) in [5.74, 6) is -0.553. The molecule has 3 nitrogen and oxygen atoms in total. The van der Waals surface area contributed by atoms with Gasteiger partial charge in [0, 0.05) is 11.4 Å². The second-order valence-electron chi connectivity index (χ2n) is 4.12. The van der Waals surface area contributed by atoms with E-state index in [2.05, 4.69) is 5.32 Å². The lowest BCUT2D eigenvalue weighted by Crippen LogP contribution is -2.14. The maximum atomic E-state index is 12.6. The van der Waals surface area contributed by atoms with Gasteiger partial charge in [0.25, 0.3) is 5.91 Å². The summed E-state index contributed by atoms with van der Waals surface area (Å²) < 4.78 is 37.7. The lowest BCUT2D eigenvalue weighted by Gasteiger charge is -2.10. The molecule has 0 spiro atoms. The molecule has 3 N–H and O–H groups in total. The van der Waals surface area contributed by atoms with E-state index in [0.29, 0.717) is 0 Å². The number of hydrogen-bond donors (Lipinski definition) is 2. The molecule has 21 heavy (non-hydrogen) atoms. The van der Waals surface area contributed by atoms with E-state index in [4.69, 9.17) is 5.73 Å². The number of halogens is 4. The van der Waals surface area contributed by atoms with Gasteiger partial charge >= 0.3 is 6.18 Å². The molecule has 112 valence electrons. The number of alkyl halides is 3. The number of nitrogen functional groups attached to an aromatic ring is 1. The number of benzene rings is 2. The van der Waals surface area contributed by atoms with E-state index in [1.54, 1.807) is 18.2 Å². The van der Waals surface area contributed by atoms with Gasteiger partial charge in [-0.25, -0.2) is 0 Å². The van der Waals surface area contributed by atoms with E-state index < -0.39 is 17.6 Å². The highest BCUT2D eigenvalue weighted by Gasteiger charge is 2.30. The average molecular weight is 317 g/mol. The first-order valence-corrected chi connectivity index (χ1v) is 5.71. The fourth-order valence-corrected chi connectivity index (χ4v) is 1.68. The van der Waals surface area contributed by atoms with Crippen LogP contribution >= 0.6 is 12.4 Å². The maximum Gasteiger partial charge on any atom is 0.416 e. The Morgan fingerprint density at radius 2 is 1.71 bits per heavy atom. The summed E-state index contributed by atoms with van der Waals surface area (Å²) in [4.78, 5) is 11.9. The van der Waals surface area contributed by atoms with Crippen molar-refractivity contribution >= 4 is 29.7 Å². The van der Waals surface area contributed by atoms with Crippen LogP contribution < -0.4 is 11.1 Å². The third-order valence-electron chi connectivity index (χ3n) is 2.65. The zero-order valence-electron chi connectivity index (χ0n) is 10.6. The van der Waals surface area contributed by atoms with Gasteiger partial charge in [-0.15, -0.1) is 12.4 Å². The molecule has 0 saturated heterocycles. The van der Waals surface area contributed by atoms with E-state index in [-0.39, 0.29) is 29.3 Å². The summed E-state index contributed by atoms with van der Waals surface area (Å²) >= 11 is 0. The zero-order chi connectivity index (χ0) is 14.8. The molecule has 0 saturated carbocycles. The van der Waals surface area contributed by atoms with Gasteiger partial charge in [0.1, 0.15) is 0 Å². The van der Waals surface area contributed by atoms with Gasteiger partial charge in [-0.2, -0.15) is 13.2 Å². The summed E-state index contributed by atoms with van der Waals surface area (Å²) in [6.45, 7) is 0. The monoisotopic (exact) mass is 316 g/mol. The Labute approximate surface area is 125 Å². The van der Waals surface area contributed by atoms with Crippen LogP contribution in [0.25, 0.3) is 0 Å². The van der Waals surface area contributed by atoms with Crippen LogP contribution in [0.3, 0.4) is 0 Å². The Morgan fingerprint density at radius 3 is 2.33 bits per heavy atom. The Morgan fingerprint density at radius 1 is 1.05 bits per heavy atom. The minimum absolute atomic E-state index is 0. The summed E-state index contributed by atoms with van der Waals surface area (Å²) in [6, 6.07) is 10.7. The smallest absolute Gasteiger partial charge is 0.398 e. The van der Waals surface area contributed by atoms with Gasteiger partial charge in [-0.3, -0.25) is 4.79 Å². The van der Waals surface area contributed by atoms with E-state index in [9.17, 15) is 18.0 Å². The lowest BCUT2D eigenvalue weighted by molar-refractivity contribution is -0.137. The topological polar surface area (TPSA) is 55.1 Å². The summed E-state index contributed by atoms with van der Waals surface area (Å²) in [5.41, 5.74) is 5.35. The SMILES string of the molecule is Cl.Nc1ccccc1C(=O)Nc1cccc(C(F)(F)F)c1. The molecule has 0 aliphatic carbocycles. The standard InChI is InChI=1S/C14H11F3N2O.ClH/c15-14(16,17)9-4-3-5-10(8-9)19-13(20)11-6-1-2-7-12(11)18;/h1-8H,18H2,(H,19,20);1H. The Kier molecular flexibility index (Phi) is 5.21. The number of rotatable bonds is 2. The van der Waals surface area contributed by atoms with Crippen molar-refractivity contribution in [1.29, 1.82) is 0 Å². The fourth-order valence-electron chi connectivity index (χ4n) is 1.68. The second-order valence-corrected chi connectivity index (χ2v) is 4.12. The Hall–Kier alpha value is -2.21. The first kappa shape index (κ1) is 16.8. The Balaban J connectivity index is 0.00000220. The summed E-state index contributed by atoms with van der Waals surface area (Å²) in [5, 5.41) is 2.39. The predicted molar refractivity (Wildman–Crippen MR) is 77.5 cm³/mol. The predicted octanol–water partition coefficient (Wildman–Crippen LogP) is 3.96. The molecule has 0 heterocycles. The number of nitrogens with one attached hydrogen (secondary N) is 1. The number of anilines is 2. The highest BCUT2D eigenvalue weighted by molar-refractivity contribution is 6.07. The molecule has 2 rings (SSSR count). The van der Waals surface area contributed by atoms with Gasteiger partial charge in [0.2, 0.25) is 0 Å². The lowest BCUT2D eigenvalue weighted by atomic mass is 10.1. The molecule has 0 atom stereocenters. The van der Waals surface area contributed by atoms with E-state index >= 15 is 0 Å². The molecule has 0 unspecified atom stereocenters.